The van der Waals surface area contributed by atoms with Gasteiger partial charge in [0.05, 0.1) is 0 Å². The Kier molecular flexibility index (Phi) is 9.17. The van der Waals surface area contributed by atoms with Crippen molar-refractivity contribution in [3.05, 3.63) is 152 Å². The molecule has 2 unspecified atom stereocenters. The average Bonchev–Trinajstić information content (AvgIpc) is 2.88. The fraction of sp³-hybridized carbons (Fsp3) is 0.0667. The van der Waals surface area contributed by atoms with Crippen molar-refractivity contribution in [2.45, 2.75) is 10.5 Å². The summed E-state index contributed by atoms with van der Waals surface area (Å²) >= 11 is 25.1. The van der Waals surface area contributed by atoms with Crippen LogP contribution < -0.4 is 0 Å². The number of hydrogen-bond acceptors (Lipinski definition) is 2. The normalized spacial score (nSPS) is 13.7. The Labute approximate surface area is 237 Å². The molecule has 0 aliphatic carbocycles. The molecule has 0 spiro atoms. The van der Waals surface area contributed by atoms with Gasteiger partial charge in [0.2, 0.25) is 0 Å². The topological polar surface area (TPSA) is 34.1 Å². The summed E-state index contributed by atoms with van der Waals surface area (Å²) in [6.07, 6.45) is 6.82. The first-order chi connectivity index (χ1) is 17.8. The van der Waals surface area contributed by atoms with E-state index in [0.29, 0.717) is 31.2 Å². The van der Waals surface area contributed by atoms with Gasteiger partial charge in [-0.25, -0.2) is 8.42 Å². The van der Waals surface area contributed by atoms with Gasteiger partial charge in [-0.15, -0.1) is 0 Å². The molecule has 2 nitrogen and oxygen atoms in total. The fourth-order valence-corrected chi connectivity index (χ4v) is 6.81. The molecule has 0 fully saturated rings. The Morgan fingerprint density at radius 2 is 0.865 bits per heavy atom. The SMILES string of the molecule is O=S(=O)(C(/C=C\c1ccc(Cl)cc1)c1ccccc1Cl)C(/C=C\c1ccc(Cl)cc1)c1ccccc1Cl. The van der Waals surface area contributed by atoms with Crippen molar-refractivity contribution in [2.24, 2.45) is 0 Å². The van der Waals surface area contributed by atoms with E-state index in [1.807, 2.05) is 24.3 Å². The lowest BCUT2D eigenvalue weighted by molar-refractivity contribution is 0.584. The van der Waals surface area contributed by atoms with E-state index < -0.39 is 20.3 Å². The van der Waals surface area contributed by atoms with E-state index in [0.717, 1.165) is 11.1 Å². The van der Waals surface area contributed by atoms with Crippen molar-refractivity contribution in [3.63, 3.8) is 0 Å². The number of sulfone groups is 1. The minimum atomic E-state index is -3.97. The molecule has 0 saturated heterocycles. The van der Waals surface area contributed by atoms with Gasteiger partial charge in [-0.1, -0.05) is 131 Å². The summed E-state index contributed by atoms with van der Waals surface area (Å²) in [4.78, 5) is 0. The van der Waals surface area contributed by atoms with Crippen molar-refractivity contribution >= 4 is 68.4 Å². The van der Waals surface area contributed by atoms with Gasteiger partial charge in [0.25, 0.3) is 0 Å². The zero-order valence-corrected chi connectivity index (χ0v) is 23.3. The zero-order chi connectivity index (χ0) is 26.4. The quantitative estimate of drug-likeness (QED) is 0.205. The summed E-state index contributed by atoms with van der Waals surface area (Å²) in [6, 6.07) is 28.2. The number of hydrogen-bond donors (Lipinski definition) is 0. The molecule has 7 heteroatoms. The maximum Gasteiger partial charge on any atom is 0.171 e. The van der Waals surface area contributed by atoms with Gasteiger partial charge >= 0.3 is 0 Å². The lowest BCUT2D eigenvalue weighted by Gasteiger charge is -2.23. The van der Waals surface area contributed by atoms with Crippen LogP contribution in [-0.4, -0.2) is 8.42 Å². The number of rotatable bonds is 8. The Morgan fingerprint density at radius 1 is 0.514 bits per heavy atom. The highest BCUT2D eigenvalue weighted by molar-refractivity contribution is 7.92. The fourth-order valence-electron chi connectivity index (χ4n) is 3.89. The van der Waals surface area contributed by atoms with Crippen molar-refractivity contribution < 1.29 is 8.42 Å². The molecule has 4 aromatic carbocycles. The van der Waals surface area contributed by atoms with E-state index in [1.54, 1.807) is 97.1 Å². The van der Waals surface area contributed by atoms with Crippen LogP contribution in [0.15, 0.2) is 109 Å². The van der Waals surface area contributed by atoms with E-state index in [9.17, 15) is 8.42 Å². The second-order valence-corrected chi connectivity index (χ2v) is 12.2. The molecular weight excluding hydrogens is 566 g/mol. The van der Waals surface area contributed by atoms with Gasteiger partial charge < -0.3 is 0 Å². The van der Waals surface area contributed by atoms with Gasteiger partial charge in [0.15, 0.2) is 9.84 Å². The van der Waals surface area contributed by atoms with Crippen LogP contribution in [0.25, 0.3) is 12.2 Å². The first-order valence-corrected chi connectivity index (χ1v) is 14.5. The molecule has 0 aliphatic heterocycles. The van der Waals surface area contributed by atoms with Crippen LogP contribution >= 0.6 is 46.4 Å². The van der Waals surface area contributed by atoms with E-state index in [1.165, 1.54) is 0 Å². The van der Waals surface area contributed by atoms with Crippen LogP contribution in [0.2, 0.25) is 20.1 Å². The maximum atomic E-state index is 14.4. The predicted molar refractivity (Wildman–Crippen MR) is 158 cm³/mol. The molecule has 0 heterocycles. The second kappa shape index (κ2) is 12.3. The number of benzene rings is 4. The molecule has 0 aliphatic rings. The Hall–Kier alpha value is -2.53. The standard InChI is InChI=1S/C30H22Cl4O2S/c31-23-15-9-21(10-16-23)13-19-29(25-5-1-3-7-27(25)33)37(35,36)30(26-6-2-4-8-28(26)34)20-14-22-11-17-24(32)18-12-22/h1-20,29-30H/b19-13-,20-14-. The molecule has 0 saturated carbocycles. The lowest BCUT2D eigenvalue weighted by Crippen LogP contribution is -2.19. The van der Waals surface area contributed by atoms with E-state index in [4.69, 9.17) is 46.4 Å². The minimum absolute atomic E-state index is 0.358. The second-order valence-electron chi connectivity index (χ2n) is 8.29. The van der Waals surface area contributed by atoms with Gasteiger partial charge in [-0.2, -0.15) is 0 Å². The molecule has 2 atom stereocenters. The summed E-state index contributed by atoms with van der Waals surface area (Å²) in [6.45, 7) is 0. The molecule has 0 N–H and O–H groups in total. The van der Waals surface area contributed by atoms with Crippen LogP contribution in [0.4, 0.5) is 0 Å². The molecule has 4 rings (SSSR count). The van der Waals surface area contributed by atoms with Crippen LogP contribution in [0.5, 0.6) is 0 Å². The van der Waals surface area contributed by atoms with Gasteiger partial charge in [0, 0.05) is 20.1 Å². The van der Waals surface area contributed by atoms with E-state index in [-0.39, 0.29) is 0 Å². The van der Waals surface area contributed by atoms with Gasteiger partial charge in [0.1, 0.15) is 10.5 Å². The Bertz CT molecular complexity index is 1420. The summed E-state index contributed by atoms with van der Waals surface area (Å²) in [7, 11) is -3.97. The van der Waals surface area contributed by atoms with Crippen LogP contribution in [0.3, 0.4) is 0 Å². The van der Waals surface area contributed by atoms with Crippen molar-refractivity contribution in [1.82, 2.24) is 0 Å². The van der Waals surface area contributed by atoms with Gasteiger partial charge in [-0.3, -0.25) is 0 Å². The van der Waals surface area contributed by atoms with E-state index in [2.05, 4.69) is 0 Å². The van der Waals surface area contributed by atoms with Crippen LogP contribution in [0.1, 0.15) is 32.8 Å². The summed E-state index contributed by atoms with van der Waals surface area (Å²) < 4.78 is 28.8. The minimum Gasteiger partial charge on any atom is -0.227 e. The van der Waals surface area contributed by atoms with Crippen LogP contribution in [0, 0.1) is 0 Å². The molecule has 188 valence electrons. The average molecular weight is 588 g/mol. The third-order valence-electron chi connectivity index (χ3n) is 5.80. The maximum absolute atomic E-state index is 14.4. The molecule has 4 aromatic rings. The molecule has 0 bridgehead atoms. The zero-order valence-electron chi connectivity index (χ0n) is 19.4. The third-order valence-corrected chi connectivity index (χ3v) is 9.23. The molecule has 0 amide bonds. The highest BCUT2D eigenvalue weighted by Crippen LogP contribution is 2.41. The lowest BCUT2D eigenvalue weighted by atomic mass is 10.1. The third kappa shape index (κ3) is 6.87. The molecular formula is C30H22Cl4O2S. The highest BCUT2D eigenvalue weighted by Gasteiger charge is 2.35. The molecule has 0 aromatic heterocycles. The smallest absolute Gasteiger partial charge is 0.171 e. The first-order valence-electron chi connectivity index (χ1n) is 11.3. The first kappa shape index (κ1) is 27.5. The van der Waals surface area contributed by atoms with Crippen molar-refractivity contribution in [3.8, 4) is 0 Å². The monoisotopic (exact) mass is 586 g/mol. The van der Waals surface area contributed by atoms with E-state index >= 15 is 0 Å². The van der Waals surface area contributed by atoms with Crippen molar-refractivity contribution in [2.75, 3.05) is 0 Å². The largest absolute Gasteiger partial charge is 0.227 e. The molecule has 37 heavy (non-hydrogen) atoms. The van der Waals surface area contributed by atoms with Gasteiger partial charge in [-0.05, 0) is 58.7 Å². The summed E-state index contributed by atoms with van der Waals surface area (Å²) in [5, 5.41) is -0.189. The predicted octanol–water partition coefficient (Wildman–Crippen LogP) is 9.92. The Morgan fingerprint density at radius 3 is 1.22 bits per heavy atom. The molecule has 0 radical (unpaired) electrons. The number of halogens is 4. The summed E-state index contributed by atoms with van der Waals surface area (Å²) in [5.74, 6) is 0. The Balaban J connectivity index is 1.85. The van der Waals surface area contributed by atoms with Crippen molar-refractivity contribution in [1.29, 1.82) is 0 Å². The van der Waals surface area contributed by atoms with Crippen LogP contribution in [-0.2, 0) is 9.84 Å². The summed E-state index contributed by atoms with van der Waals surface area (Å²) in [5.41, 5.74) is 2.57. The highest BCUT2D eigenvalue weighted by atomic mass is 35.5.